The summed E-state index contributed by atoms with van der Waals surface area (Å²) in [6, 6.07) is 7.53. The molecule has 17 heavy (non-hydrogen) atoms. The van der Waals surface area contributed by atoms with Crippen molar-refractivity contribution in [3.05, 3.63) is 24.3 Å². The summed E-state index contributed by atoms with van der Waals surface area (Å²) in [4.78, 5) is 11.4. The molecule has 1 amide bonds. The van der Waals surface area contributed by atoms with Crippen LogP contribution in [0.15, 0.2) is 24.3 Å². The second-order valence-corrected chi connectivity index (χ2v) is 4.98. The van der Waals surface area contributed by atoms with Gasteiger partial charge in [0.15, 0.2) is 0 Å². The summed E-state index contributed by atoms with van der Waals surface area (Å²) in [5, 5.41) is 5.93. The van der Waals surface area contributed by atoms with Crippen LogP contribution in [0.25, 0.3) is 0 Å². The normalized spacial score (nSPS) is 9.76. The molecule has 0 aliphatic carbocycles. The van der Waals surface area contributed by atoms with Crippen LogP contribution in [0.3, 0.4) is 0 Å². The third kappa shape index (κ3) is 5.19. The molecule has 1 aromatic carbocycles. The molecule has 0 spiro atoms. The van der Waals surface area contributed by atoms with Gasteiger partial charge in [0.25, 0.3) is 0 Å². The topological polar surface area (TPSA) is 41.1 Å². The number of anilines is 2. The quantitative estimate of drug-likeness (QED) is 0.820. The summed E-state index contributed by atoms with van der Waals surface area (Å²) in [5.41, 5.74) is 1.68. The Morgan fingerprint density at radius 2 is 2.00 bits per heavy atom. The van der Waals surface area contributed by atoms with E-state index in [1.165, 1.54) is 11.8 Å². The minimum absolute atomic E-state index is 0.0390. The molecule has 1 rings (SSSR count). The molecule has 0 saturated heterocycles. The van der Waals surface area contributed by atoms with Gasteiger partial charge in [0, 0.05) is 17.8 Å². The van der Waals surface area contributed by atoms with Crippen LogP contribution in [0.1, 0.15) is 19.8 Å². The minimum Gasteiger partial charge on any atom is -0.341 e. The number of thioether (sulfide) groups is 1. The van der Waals surface area contributed by atoms with Crippen LogP contribution in [0.2, 0.25) is 0 Å². The number of nitrogens with one attached hydrogen (secondary N) is 2. The van der Waals surface area contributed by atoms with Crippen molar-refractivity contribution in [2.24, 2.45) is 0 Å². The number of hydrogen-bond donors (Lipinski definition) is 2. The second-order valence-electron chi connectivity index (χ2n) is 3.50. The SMILES string of the molecule is CCCC(=O)Nc1cccc(NC(=S)SC)c1. The first-order valence-electron chi connectivity index (χ1n) is 5.40. The molecule has 5 heteroatoms. The van der Waals surface area contributed by atoms with Crippen LogP contribution in [-0.4, -0.2) is 16.5 Å². The largest absolute Gasteiger partial charge is 0.341 e. The molecule has 0 aliphatic heterocycles. The highest BCUT2D eigenvalue weighted by molar-refractivity contribution is 8.22. The lowest BCUT2D eigenvalue weighted by atomic mass is 10.2. The van der Waals surface area contributed by atoms with Crippen LogP contribution in [0.5, 0.6) is 0 Å². The van der Waals surface area contributed by atoms with Crippen molar-refractivity contribution in [3.8, 4) is 0 Å². The molecule has 92 valence electrons. The average Bonchev–Trinajstić information content (AvgIpc) is 2.29. The predicted octanol–water partition coefficient (Wildman–Crippen LogP) is 3.49. The Hall–Kier alpha value is -1.07. The Balaban J connectivity index is 2.65. The second kappa shape index (κ2) is 7.29. The fraction of sp³-hybridized carbons (Fsp3) is 0.333. The van der Waals surface area contributed by atoms with Crippen LogP contribution in [0, 0.1) is 0 Å². The van der Waals surface area contributed by atoms with Crippen molar-refractivity contribution in [1.29, 1.82) is 0 Å². The van der Waals surface area contributed by atoms with Gasteiger partial charge in [-0.3, -0.25) is 4.79 Å². The molecule has 0 bridgehead atoms. The fourth-order valence-corrected chi connectivity index (χ4v) is 1.63. The molecule has 2 N–H and O–H groups in total. The fourth-order valence-electron chi connectivity index (χ4n) is 1.29. The van der Waals surface area contributed by atoms with Crippen LogP contribution in [0.4, 0.5) is 11.4 Å². The summed E-state index contributed by atoms with van der Waals surface area (Å²) in [5.74, 6) is 0.0390. The van der Waals surface area contributed by atoms with Gasteiger partial charge in [-0.05, 0) is 30.9 Å². The number of benzene rings is 1. The Morgan fingerprint density at radius 1 is 1.35 bits per heavy atom. The average molecular weight is 268 g/mol. The number of thiocarbonyl (C=S) groups is 1. The maximum Gasteiger partial charge on any atom is 0.224 e. The minimum atomic E-state index is 0.0390. The summed E-state index contributed by atoms with van der Waals surface area (Å²) in [6.45, 7) is 1.98. The van der Waals surface area contributed by atoms with Gasteiger partial charge < -0.3 is 10.6 Å². The van der Waals surface area contributed by atoms with Gasteiger partial charge in [0.05, 0.1) is 0 Å². The van der Waals surface area contributed by atoms with Gasteiger partial charge in [0.2, 0.25) is 5.91 Å². The molecular weight excluding hydrogens is 252 g/mol. The van der Waals surface area contributed by atoms with E-state index in [0.717, 1.165) is 17.8 Å². The Bertz CT molecular complexity index is 407. The molecule has 0 fully saturated rings. The maximum atomic E-state index is 11.4. The van der Waals surface area contributed by atoms with E-state index in [9.17, 15) is 4.79 Å². The van der Waals surface area contributed by atoms with Crippen molar-refractivity contribution in [2.75, 3.05) is 16.9 Å². The highest BCUT2D eigenvalue weighted by Gasteiger charge is 2.02. The molecule has 3 nitrogen and oxygen atoms in total. The monoisotopic (exact) mass is 268 g/mol. The van der Waals surface area contributed by atoms with Crippen LogP contribution < -0.4 is 10.6 Å². The maximum absolute atomic E-state index is 11.4. The van der Waals surface area contributed by atoms with E-state index in [0.29, 0.717) is 10.7 Å². The van der Waals surface area contributed by atoms with Crippen molar-refractivity contribution >= 4 is 45.6 Å². The lowest BCUT2D eigenvalue weighted by Crippen LogP contribution is -2.11. The Kier molecular flexibility index (Phi) is 6.00. The zero-order valence-corrected chi connectivity index (χ0v) is 11.6. The summed E-state index contributed by atoms with van der Waals surface area (Å²) in [6.07, 6.45) is 3.31. The zero-order chi connectivity index (χ0) is 12.7. The highest BCUT2D eigenvalue weighted by Crippen LogP contribution is 2.16. The Labute approximate surface area is 111 Å². The molecule has 0 unspecified atom stereocenters. The lowest BCUT2D eigenvalue weighted by molar-refractivity contribution is -0.116. The van der Waals surface area contributed by atoms with E-state index in [1.54, 1.807) is 0 Å². The Morgan fingerprint density at radius 3 is 2.59 bits per heavy atom. The van der Waals surface area contributed by atoms with Gasteiger partial charge in [0.1, 0.15) is 4.32 Å². The molecule has 0 aromatic heterocycles. The first kappa shape index (κ1) is 14.0. The predicted molar refractivity (Wildman–Crippen MR) is 79.7 cm³/mol. The summed E-state index contributed by atoms with van der Waals surface area (Å²) >= 11 is 6.55. The summed E-state index contributed by atoms with van der Waals surface area (Å²) < 4.78 is 0.710. The molecule has 0 heterocycles. The first-order valence-corrected chi connectivity index (χ1v) is 7.04. The van der Waals surface area contributed by atoms with Gasteiger partial charge in [-0.15, -0.1) is 11.8 Å². The highest BCUT2D eigenvalue weighted by atomic mass is 32.2. The van der Waals surface area contributed by atoms with Gasteiger partial charge >= 0.3 is 0 Å². The molecule has 0 aliphatic rings. The number of hydrogen-bond acceptors (Lipinski definition) is 3. The van der Waals surface area contributed by atoms with Crippen molar-refractivity contribution in [1.82, 2.24) is 0 Å². The molecule has 0 saturated carbocycles. The first-order chi connectivity index (χ1) is 8.15. The number of carbonyl (C=O) groups is 1. The van der Waals surface area contributed by atoms with Gasteiger partial charge in [-0.25, -0.2) is 0 Å². The number of amides is 1. The smallest absolute Gasteiger partial charge is 0.224 e. The van der Waals surface area contributed by atoms with Crippen molar-refractivity contribution < 1.29 is 4.79 Å². The number of rotatable bonds is 4. The van der Waals surface area contributed by atoms with E-state index >= 15 is 0 Å². The molecule has 0 radical (unpaired) electrons. The van der Waals surface area contributed by atoms with E-state index in [2.05, 4.69) is 10.6 Å². The standard InChI is InChI=1S/C12H16N2OS2/c1-3-5-11(15)13-9-6-4-7-10(8-9)14-12(16)17-2/h4,6-8H,3,5H2,1-2H3,(H,13,15)(H,14,16). The molecule has 0 atom stereocenters. The third-order valence-corrected chi connectivity index (χ3v) is 3.13. The summed E-state index contributed by atoms with van der Waals surface area (Å²) in [7, 11) is 0. The van der Waals surface area contributed by atoms with E-state index in [4.69, 9.17) is 12.2 Å². The van der Waals surface area contributed by atoms with E-state index in [-0.39, 0.29) is 5.91 Å². The molecular formula is C12H16N2OS2. The van der Waals surface area contributed by atoms with Crippen LogP contribution >= 0.6 is 24.0 Å². The van der Waals surface area contributed by atoms with Crippen molar-refractivity contribution in [2.45, 2.75) is 19.8 Å². The number of carbonyl (C=O) groups excluding carboxylic acids is 1. The van der Waals surface area contributed by atoms with E-state index in [1.807, 2.05) is 37.4 Å². The lowest BCUT2D eigenvalue weighted by Gasteiger charge is -2.08. The molecule has 1 aromatic rings. The van der Waals surface area contributed by atoms with Crippen LogP contribution in [-0.2, 0) is 4.79 Å². The van der Waals surface area contributed by atoms with Gasteiger partial charge in [-0.1, -0.05) is 25.2 Å². The van der Waals surface area contributed by atoms with Crippen molar-refractivity contribution in [3.63, 3.8) is 0 Å². The zero-order valence-electron chi connectivity index (χ0n) is 9.95. The third-order valence-electron chi connectivity index (χ3n) is 2.06. The van der Waals surface area contributed by atoms with Gasteiger partial charge in [-0.2, -0.15) is 0 Å². The van der Waals surface area contributed by atoms with E-state index < -0.39 is 0 Å².